The number of hydrogen-bond acceptors (Lipinski definition) is 5. The SMILES string of the molecule is CCS(=O)(=O)N=C(Nc1cccc(Br)c1)N1CCN(c2ncnc3[nH]cc(C)c23)C[C@@H]1C. The van der Waals surface area contributed by atoms with Crippen LogP contribution in [0.25, 0.3) is 11.0 Å². The molecular weight excluding hydrogens is 494 g/mol. The summed E-state index contributed by atoms with van der Waals surface area (Å²) in [5, 5.41) is 4.23. The van der Waals surface area contributed by atoms with Crippen LogP contribution >= 0.6 is 15.9 Å². The summed E-state index contributed by atoms with van der Waals surface area (Å²) in [7, 11) is -3.58. The van der Waals surface area contributed by atoms with Gasteiger partial charge in [0.15, 0.2) is 0 Å². The van der Waals surface area contributed by atoms with Gasteiger partial charge in [-0.15, -0.1) is 4.40 Å². The Kier molecular flexibility index (Phi) is 6.38. The number of aromatic amines is 1. The molecule has 0 bridgehead atoms. The van der Waals surface area contributed by atoms with E-state index in [4.69, 9.17) is 0 Å². The van der Waals surface area contributed by atoms with E-state index in [0.717, 1.165) is 32.6 Å². The van der Waals surface area contributed by atoms with E-state index in [1.54, 1.807) is 13.3 Å². The van der Waals surface area contributed by atoms with Gasteiger partial charge in [0.2, 0.25) is 5.96 Å². The molecule has 1 aromatic carbocycles. The Morgan fingerprint density at radius 3 is 2.88 bits per heavy atom. The monoisotopic (exact) mass is 519 g/mol. The maximum atomic E-state index is 12.4. The third-order valence-electron chi connectivity index (χ3n) is 5.52. The van der Waals surface area contributed by atoms with E-state index in [9.17, 15) is 8.42 Å². The van der Waals surface area contributed by atoms with Crippen LogP contribution in [0.4, 0.5) is 11.5 Å². The van der Waals surface area contributed by atoms with Crippen LogP contribution in [-0.4, -0.2) is 65.7 Å². The molecule has 0 radical (unpaired) electrons. The van der Waals surface area contributed by atoms with E-state index in [1.165, 1.54) is 0 Å². The predicted molar refractivity (Wildman–Crippen MR) is 132 cm³/mol. The number of aryl methyl sites for hydroxylation is 1. The van der Waals surface area contributed by atoms with Gasteiger partial charge < -0.3 is 20.1 Å². The second kappa shape index (κ2) is 9.07. The molecule has 1 aliphatic heterocycles. The molecule has 2 aromatic heterocycles. The number of fused-ring (bicyclic) bond motifs is 1. The van der Waals surface area contributed by atoms with E-state index < -0.39 is 10.0 Å². The average molecular weight is 520 g/mol. The summed E-state index contributed by atoms with van der Waals surface area (Å²) in [6.45, 7) is 7.62. The average Bonchev–Trinajstić information content (AvgIpc) is 3.14. The third-order valence-corrected chi connectivity index (χ3v) is 7.19. The molecule has 4 rings (SSSR count). The molecule has 0 amide bonds. The molecule has 0 saturated carbocycles. The van der Waals surface area contributed by atoms with Gasteiger partial charge in [-0.25, -0.2) is 18.4 Å². The molecule has 9 nitrogen and oxygen atoms in total. The van der Waals surface area contributed by atoms with Gasteiger partial charge in [0.1, 0.15) is 17.8 Å². The summed E-state index contributed by atoms with van der Waals surface area (Å²) >= 11 is 3.46. The van der Waals surface area contributed by atoms with Crippen LogP contribution in [0.15, 0.2) is 45.7 Å². The topological polar surface area (TPSA) is 107 Å². The number of aromatic nitrogens is 3. The molecule has 170 valence electrons. The number of nitrogens with one attached hydrogen (secondary N) is 2. The van der Waals surface area contributed by atoms with Gasteiger partial charge in [-0.1, -0.05) is 22.0 Å². The van der Waals surface area contributed by atoms with Crippen molar-refractivity contribution in [3.8, 4) is 0 Å². The zero-order chi connectivity index (χ0) is 22.9. The summed E-state index contributed by atoms with van der Waals surface area (Å²) in [5.41, 5.74) is 2.67. The Morgan fingerprint density at radius 1 is 1.34 bits per heavy atom. The van der Waals surface area contributed by atoms with E-state index in [1.807, 2.05) is 42.3 Å². The smallest absolute Gasteiger partial charge is 0.256 e. The summed E-state index contributed by atoms with van der Waals surface area (Å²) in [5.74, 6) is 1.17. The highest BCUT2D eigenvalue weighted by atomic mass is 79.9. The lowest BCUT2D eigenvalue weighted by Gasteiger charge is -2.42. The van der Waals surface area contributed by atoms with Crippen LogP contribution < -0.4 is 10.2 Å². The molecule has 1 fully saturated rings. The van der Waals surface area contributed by atoms with Crippen LogP contribution in [0, 0.1) is 6.92 Å². The van der Waals surface area contributed by atoms with Gasteiger partial charge >= 0.3 is 0 Å². The highest BCUT2D eigenvalue weighted by Gasteiger charge is 2.29. The van der Waals surface area contributed by atoms with E-state index in [2.05, 4.69) is 52.4 Å². The molecule has 3 heterocycles. The first kappa shape index (κ1) is 22.5. The molecule has 3 aromatic rings. The molecule has 11 heteroatoms. The molecule has 0 aliphatic carbocycles. The van der Waals surface area contributed by atoms with Crippen molar-refractivity contribution in [2.24, 2.45) is 4.40 Å². The van der Waals surface area contributed by atoms with Crippen molar-refractivity contribution < 1.29 is 8.42 Å². The quantitative estimate of drug-likeness (QED) is 0.402. The molecule has 1 saturated heterocycles. The number of hydrogen-bond donors (Lipinski definition) is 2. The minimum Gasteiger partial charge on any atom is -0.352 e. The van der Waals surface area contributed by atoms with Crippen molar-refractivity contribution in [2.45, 2.75) is 26.8 Å². The van der Waals surface area contributed by atoms with Crippen LogP contribution in [0.5, 0.6) is 0 Å². The molecular formula is C21H26BrN7O2S. The minimum atomic E-state index is -3.58. The number of nitrogens with zero attached hydrogens (tertiary/aromatic N) is 5. The predicted octanol–water partition coefficient (Wildman–Crippen LogP) is 3.36. The number of guanidine groups is 1. The number of benzene rings is 1. The standard InChI is InChI=1S/C21H26BrN7O2S/c1-4-32(30,31)27-21(26-17-7-5-6-16(22)10-17)29-9-8-28(12-15(29)3)20-18-14(2)11-23-19(18)24-13-25-20/h5-7,10-11,13,15H,4,8-9,12H2,1-3H3,(H,26,27)(H,23,24,25)/t15-/m0/s1. The normalized spacial score (nSPS) is 17.8. The summed E-state index contributed by atoms with van der Waals surface area (Å²) in [6.07, 6.45) is 3.50. The summed E-state index contributed by atoms with van der Waals surface area (Å²) < 4.78 is 29.7. The first-order chi connectivity index (χ1) is 15.3. The highest BCUT2D eigenvalue weighted by molar-refractivity contribution is 9.10. The summed E-state index contributed by atoms with van der Waals surface area (Å²) in [6, 6.07) is 7.57. The van der Waals surface area contributed by atoms with Crippen molar-refractivity contribution in [1.29, 1.82) is 0 Å². The van der Waals surface area contributed by atoms with Crippen LogP contribution in [0.2, 0.25) is 0 Å². The minimum absolute atomic E-state index is 0.00141. The fraction of sp³-hybridized carbons (Fsp3) is 0.381. The largest absolute Gasteiger partial charge is 0.352 e. The molecule has 1 atom stereocenters. The zero-order valence-corrected chi connectivity index (χ0v) is 20.6. The van der Waals surface area contributed by atoms with Crippen molar-refractivity contribution in [1.82, 2.24) is 19.9 Å². The van der Waals surface area contributed by atoms with E-state index in [-0.39, 0.29) is 11.8 Å². The van der Waals surface area contributed by atoms with Gasteiger partial charge in [0.25, 0.3) is 10.0 Å². The zero-order valence-electron chi connectivity index (χ0n) is 18.2. The molecule has 1 aliphatic rings. The first-order valence-corrected chi connectivity index (χ1v) is 12.8. The number of H-pyrrole nitrogens is 1. The summed E-state index contributed by atoms with van der Waals surface area (Å²) in [4.78, 5) is 16.3. The van der Waals surface area contributed by atoms with Crippen molar-refractivity contribution >= 4 is 54.5 Å². The Labute approximate surface area is 196 Å². The number of piperazine rings is 1. The van der Waals surface area contributed by atoms with Crippen molar-refractivity contribution in [3.63, 3.8) is 0 Å². The van der Waals surface area contributed by atoms with Crippen LogP contribution in [0.3, 0.4) is 0 Å². The number of halogens is 1. The maximum absolute atomic E-state index is 12.4. The fourth-order valence-electron chi connectivity index (χ4n) is 3.84. The van der Waals surface area contributed by atoms with Crippen molar-refractivity contribution in [3.05, 3.63) is 46.8 Å². The lowest BCUT2D eigenvalue weighted by Crippen LogP contribution is -2.56. The van der Waals surface area contributed by atoms with E-state index >= 15 is 0 Å². The second-order valence-corrected chi connectivity index (χ2v) is 10.6. The maximum Gasteiger partial charge on any atom is 0.256 e. The molecule has 0 spiro atoms. The van der Waals surface area contributed by atoms with Gasteiger partial charge in [0, 0.05) is 42.0 Å². The molecule has 32 heavy (non-hydrogen) atoms. The van der Waals surface area contributed by atoms with Gasteiger partial charge in [-0.3, -0.25) is 0 Å². The van der Waals surface area contributed by atoms with E-state index in [0.29, 0.717) is 25.6 Å². The Balaban J connectivity index is 1.62. The Morgan fingerprint density at radius 2 is 2.16 bits per heavy atom. The first-order valence-electron chi connectivity index (χ1n) is 10.4. The number of sulfonamides is 1. The van der Waals surface area contributed by atoms with Gasteiger partial charge in [0.05, 0.1) is 11.1 Å². The second-order valence-electron chi connectivity index (χ2n) is 7.80. The van der Waals surface area contributed by atoms with Crippen molar-refractivity contribution in [2.75, 3.05) is 35.6 Å². The molecule has 2 N–H and O–H groups in total. The highest BCUT2D eigenvalue weighted by Crippen LogP contribution is 2.28. The van der Waals surface area contributed by atoms with Crippen LogP contribution in [-0.2, 0) is 10.0 Å². The van der Waals surface area contributed by atoms with Gasteiger partial charge in [-0.05, 0) is 44.5 Å². The number of anilines is 2. The molecule has 0 unspecified atom stereocenters. The lowest BCUT2D eigenvalue weighted by atomic mass is 10.1. The Hall–Kier alpha value is -2.66. The fourth-order valence-corrected chi connectivity index (χ4v) is 4.78. The third kappa shape index (κ3) is 4.73. The van der Waals surface area contributed by atoms with Gasteiger partial charge in [-0.2, -0.15) is 0 Å². The number of rotatable bonds is 4. The lowest BCUT2D eigenvalue weighted by molar-refractivity contribution is 0.297. The van der Waals surface area contributed by atoms with Crippen LogP contribution in [0.1, 0.15) is 19.4 Å². The Bertz CT molecular complexity index is 1260.